The number of fused-ring (bicyclic) bond motifs is 4. The topological polar surface area (TPSA) is 127 Å². The molecule has 70 heavy (non-hydrogen) atoms. The van der Waals surface area contributed by atoms with Crippen molar-refractivity contribution >= 4 is 119 Å². The summed E-state index contributed by atoms with van der Waals surface area (Å²) in [5, 5.41) is 23.2. The van der Waals surface area contributed by atoms with E-state index >= 15 is 0 Å². The van der Waals surface area contributed by atoms with Gasteiger partial charge in [0.25, 0.3) is 0 Å². The van der Waals surface area contributed by atoms with Crippen LogP contribution < -0.4 is 13.8 Å². The minimum Gasteiger partial charge on any atom is -0.423 e. The van der Waals surface area contributed by atoms with Gasteiger partial charge in [-0.1, -0.05) is 0 Å². The van der Waals surface area contributed by atoms with Crippen molar-refractivity contribution < 1.29 is 101 Å². The Morgan fingerprint density at radius 3 is 0.986 bits per heavy atom. The normalized spacial score (nSPS) is 12.3. The van der Waals surface area contributed by atoms with E-state index in [0.29, 0.717) is 66.1 Å². The highest BCUT2D eigenvalue weighted by Crippen LogP contribution is 2.51. The lowest BCUT2D eigenvalue weighted by Gasteiger charge is -2.14. The van der Waals surface area contributed by atoms with E-state index in [-0.39, 0.29) is 31.3 Å². The number of hydrogen-bond donors (Lipinski definition) is 2. The van der Waals surface area contributed by atoms with Gasteiger partial charge in [-0.15, -0.1) is 45.3 Å². The first-order valence-corrected chi connectivity index (χ1v) is 24.5. The number of alkyl halides is 6. The zero-order valence-electron chi connectivity index (χ0n) is 33.1. The number of benzene rings is 5. The molecule has 0 aliphatic heterocycles. The second-order valence-corrected chi connectivity index (χ2v) is 20.4. The van der Waals surface area contributed by atoms with Gasteiger partial charge in [0.2, 0.25) is 0 Å². The Morgan fingerprint density at radius 2 is 0.700 bits per heavy atom. The van der Waals surface area contributed by atoms with E-state index < -0.39 is 108 Å². The maximum atomic E-state index is 13.9. The predicted octanol–water partition coefficient (Wildman–Crippen LogP) is 12.6. The van der Waals surface area contributed by atoms with Crippen LogP contribution in [0.2, 0.25) is 0 Å². The van der Waals surface area contributed by atoms with Crippen LogP contribution in [-0.2, 0) is 20.2 Å². The number of thiophene rings is 4. The molecule has 0 amide bonds. The molecule has 0 bridgehead atoms. The molecule has 5 aromatic carbocycles. The van der Waals surface area contributed by atoms with Crippen LogP contribution in [0.1, 0.15) is 0 Å². The Hall–Kier alpha value is -5.63. The van der Waals surface area contributed by atoms with Crippen LogP contribution in [0, 0.1) is 52.4 Å². The second kappa shape index (κ2) is 19.2. The van der Waals surface area contributed by atoms with Gasteiger partial charge in [0.05, 0.1) is 9.40 Å². The van der Waals surface area contributed by atoms with Gasteiger partial charge >= 0.3 is 38.4 Å². The number of halogens is 15. The highest BCUT2D eigenvalue weighted by molar-refractivity contribution is 7.88. The van der Waals surface area contributed by atoms with Gasteiger partial charge < -0.3 is 18.4 Å². The zero-order valence-corrected chi connectivity index (χ0v) is 38.0. The molecule has 9 rings (SSSR count). The minimum atomic E-state index is -6.09. The van der Waals surface area contributed by atoms with Gasteiger partial charge in [-0.05, 0) is 98.8 Å². The first kappa shape index (κ1) is 52.2. The van der Waals surface area contributed by atoms with Gasteiger partial charge in [-0.25, -0.2) is 39.5 Å². The third kappa shape index (κ3) is 9.86. The lowest BCUT2D eigenvalue weighted by atomic mass is 9.80. The molecule has 8 nitrogen and oxygen atoms in total. The highest BCUT2D eigenvalue weighted by atomic mass is 32.2. The molecular weight excluding hydrogens is 1100 g/mol. The maximum absolute atomic E-state index is 13.9. The summed E-state index contributed by atoms with van der Waals surface area (Å²) in [7, 11) is -14.2. The van der Waals surface area contributed by atoms with Crippen molar-refractivity contribution in [3.8, 4) is 33.8 Å². The third-order valence-electron chi connectivity index (χ3n) is 9.36. The van der Waals surface area contributed by atoms with Crippen LogP contribution in [0.15, 0.2) is 82.2 Å². The molecule has 4 heterocycles. The molecule has 0 saturated carbocycles. The summed E-state index contributed by atoms with van der Waals surface area (Å²) in [6, 6.07) is 10.3. The molecule has 0 radical (unpaired) electrons. The Labute approximate surface area is 397 Å². The Balaban J connectivity index is 0.000000168. The molecule has 0 saturated heterocycles. The van der Waals surface area contributed by atoms with Crippen LogP contribution in [0.5, 0.6) is 11.5 Å². The van der Waals surface area contributed by atoms with E-state index in [4.69, 9.17) is 10.0 Å². The van der Waals surface area contributed by atoms with Gasteiger partial charge in [0, 0.05) is 42.1 Å². The van der Waals surface area contributed by atoms with Crippen molar-refractivity contribution in [1.29, 1.82) is 0 Å². The first-order chi connectivity index (χ1) is 32.5. The quantitative estimate of drug-likeness (QED) is 0.0531. The van der Waals surface area contributed by atoms with Gasteiger partial charge in [0.1, 0.15) is 0 Å². The van der Waals surface area contributed by atoms with E-state index in [1.165, 1.54) is 33.4 Å². The smallest absolute Gasteiger partial charge is 0.423 e. The Morgan fingerprint density at radius 1 is 0.429 bits per heavy atom. The molecule has 0 spiro atoms. The van der Waals surface area contributed by atoms with Gasteiger partial charge in [0.15, 0.2) is 63.9 Å². The van der Waals surface area contributed by atoms with E-state index in [2.05, 4.69) is 8.37 Å². The van der Waals surface area contributed by atoms with Crippen molar-refractivity contribution in [3.05, 3.63) is 135 Å². The molecule has 0 unspecified atom stereocenters. The second-order valence-electron chi connectivity index (χ2n) is 13.7. The molecule has 2 N–H and O–H groups in total. The van der Waals surface area contributed by atoms with Crippen molar-refractivity contribution in [1.82, 2.24) is 0 Å². The number of rotatable bonds is 7. The molecule has 0 aliphatic carbocycles. The third-order valence-corrected chi connectivity index (χ3v) is 15.0. The maximum Gasteiger partial charge on any atom is 0.534 e. The summed E-state index contributed by atoms with van der Waals surface area (Å²) in [6.07, 6.45) is 0. The fourth-order valence-electron chi connectivity index (χ4n) is 6.39. The van der Waals surface area contributed by atoms with Crippen LogP contribution in [0.3, 0.4) is 0 Å². The summed E-state index contributed by atoms with van der Waals surface area (Å²) in [5.41, 5.74) is -10.7. The largest absolute Gasteiger partial charge is 0.534 e. The summed E-state index contributed by atoms with van der Waals surface area (Å²) in [6.45, 7) is 0. The van der Waals surface area contributed by atoms with Crippen LogP contribution in [0.25, 0.3) is 62.6 Å². The fraction of sp³-hybridized carbons (Fsp3) is 0.0500. The number of hydrogen-bond acceptors (Lipinski definition) is 12. The standard InChI is InChI=1S/C22H8F6S2.C12H4F6O6S4.C6H4BF3O2/c23-13-5-9(6-14(24)19(13)27)17-11-1-3-29-21(11)18(12-2-4-30-22(12)17)10-7-15(25)20(28)16(26)8-10;13-11(14,15)27(19,20)23-7-5-1-3-25-9(5)8(6-2-4-26-10(6)7)24-28(21,22)12(16,17)18;8-4-1-3(7(11)12)2-5(9)6(4)10/h1-8H;1-4H;1-2,11-12H. The van der Waals surface area contributed by atoms with E-state index in [1.807, 2.05) is 0 Å². The van der Waals surface area contributed by atoms with Crippen molar-refractivity contribution in [2.24, 2.45) is 0 Å². The lowest BCUT2D eigenvalue weighted by molar-refractivity contribution is -0.0504. The summed E-state index contributed by atoms with van der Waals surface area (Å²) in [5.74, 6) is -14.5. The minimum absolute atomic E-state index is 0.144. The highest BCUT2D eigenvalue weighted by Gasteiger charge is 2.50. The van der Waals surface area contributed by atoms with Crippen LogP contribution >= 0.6 is 45.3 Å². The van der Waals surface area contributed by atoms with Gasteiger partial charge in [-0.2, -0.15) is 43.2 Å². The molecule has 0 atom stereocenters. The SMILES string of the molecule is Fc1cc(-c2c3ccsc3c(-c3cc(F)c(F)c(F)c3)c3ccsc23)cc(F)c1F.O=S(=O)(Oc1c2ccsc2c(OS(=O)(=O)C(F)(F)F)c2ccsc12)C(F)(F)F.OB(O)c1cc(F)c(F)c(F)c1. The molecule has 0 fully saturated rings. The summed E-state index contributed by atoms with van der Waals surface area (Å²) < 4.78 is 250. The molecule has 4 aromatic heterocycles. The Kier molecular flexibility index (Phi) is 14.3. The monoisotopic (exact) mass is 1110 g/mol. The van der Waals surface area contributed by atoms with Crippen molar-refractivity contribution in [2.75, 3.05) is 0 Å². The summed E-state index contributed by atoms with van der Waals surface area (Å²) in [4.78, 5) is 0. The van der Waals surface area contributed by atoms with Crippen LogP contribution in [-0.4, -0.2) is 45.0 Å². The average Bonchev–Trinajstić information content (AvgIpc) is 4.11. The fourth-order valence-corrected chi connectivity index (χ4v) is 11.2. The molecular formula is C40H16BF15O8S6. The van der Waals surface area contributed by atoms with E-state index in [9.17, 15) is 82.7 Å². The van der Waals surface area contributed by atoms with E-state index in [1.54, 1.807) is 22.9 Å². The predicted molar refractivity (Wildman–Crippen MR) is 232 cm³/mol. The lowest BCUT2D eigenvalue weighted by Crippen LogP contribution is -2.30. The summed E-state index contributed by atoms with van der Waals surface area (Å²) >= 11 is 3.78. The molecule has 368 valence electrons. The van der Waals surface area contributed by atoms with Crippen LogP contribution in [0.4, 0.5) is 65.9 Å². The van der Waals surface area contributed by atoms with Gasteiger partial charge in [-0.3, -0.25) is 0 Å². The first-order valence-electron chi connectivity index (χ1n) is 18.2. The van der Waals surface area contributed by atoms with E-state index in [0.717, 1.165) is 36.4 Å². The zero-order chi connectivity index (χ0) is 51.6. The Bertz CT molecular complexity index is 3360. The molecule has 0 aliphatic rings. The average molecular weight is 1110 g/mol. The molecule has 9 aromatic rings. The van der Waals surface area contributed by atoms with Crippen molar-refractivity contribution in [2.45, 2.75) is 11.0 Å². The van der Waals surface area contributed by atoms with Crippen molar-refractivity contribution in [3.63, 3.8) is 0 Å². The molecule has 30 heteroatoms.